The molecule has 1 saturated carbocycles. The van der Waals surface area contributed by atoms with Crippen LogP contribution in [0.25, 0.3) is 0 Å². The molecule has 1 aromatic rings. The van der Waals surface area contributed by atoms with Gasteiger partial charge in [-0.25, -0.2) is 0 Å². The number of carbonyl (C=O) groups excluding carboxylic acids is 1. The molecule has 0 atom stereocenters. The van der Waals surface area contributed by atoms with E-state index in [1.165, 1.54) is 0 Å². The molecule has 1 aromatic heterocycles. The molecule has 3 nitrogen and oxygen atoms in total. The Balaban J connectivity index is 1.58. The SMILES string of the molecule is CC1(C)C(C(=O)OCCCCCc2ccccn2)C1(C)C. The van der Waals surface area contributed by atoms with Crippen molar-refractivity contribution in [2.24, 2.45) is 16.7 Å². The summed E-state index contributed by atoms with van der Waals surface area (Å²) in [4.78, 5) is 16.4. The van der Waals surface area contributed by atoms with Crippen molar-refractivity contribution in [3.05, 3.63) is 30.1 Å². The van der Waals surface area contributed by atoms with Crippen LogP contribution in [0.2, 0.25) is 0 Å². The molecule has 0 aromatic carbocycles. The summed E-state index contributed by atoms with van der Waals surface area (Å²) in [6.45, 7) is 9.12. The van der Waals surface area contributed by atoms with Crippen molar-refractivity contribution in [2.75, 3.05) is 6.61 Å². The molecular formula is C18H27NO2. The Kier molecular flexibility index (Phi) is 4.70. The van der Waals surface area contributed by atoms with Gasteiger partial charge in [0.05, 0.1) is 12.5 Å². The van der Waals surface area contributed by atoms with Gasteiger partial charge in [-0.05, 0) is 48.6 Å². The molecule has 0 bridgehead atoms. The first-order valence-electron chi connectivity index (χ1n) is 7.94. The van der Waals surface area contributed by atoms with E-state index in [2.05, 4.69) is 38.7 Å². The van der Waals surface area contributed by atoms with Crippen LogP contribution in [0, 0.1) is 16.7 Å². The van der Waals surface area contributed by atoms with Crippen molar-refractivity contribution in [3.8, 4) is 0 Å². The smallest absolute Gasteiger partial charge is 0.310 e. The number of nitrogens with zero attached hydrogens (tertiary/aromatic N) is 1. The molecule has 21 heavy (non-hydrogen) atoms. The lowest BCUT2D eigenvalue weighted by atomic mass is 10.0. The number of aryl methyl sites for hydroxylation is 1. The lowest BCUT2D eigenvalue weighted by Crippen LogP contribution is -2.12. The van der Waals surface area contributed by atoms with Crippen molar-refractivity contribution in [2.45, 2.75) is 53.4 Å². The molecule has 0 N–H and O–H groups in total. The van der Waals surface area contributed by atoms with Gasteiger partial charge in [0.1, 0.15) is 0 Å². The second-order valence-corrected chi connectivity index (χ2v) is 7.18. The summed E-state index contributed by atoms with van der Waals surface area (Å²) < 4.78 is 5.43. The number of ether oxygens (including phenoxy) is 1. The number of hydrogen-bond donors (Lipinski definition) is 0. The fourth-order valence-electron chi connectivity index (χ4n) is 3.17. The van der Waals surface area contributed by atoms with Gasteiger partial charge in [-0.3, -0.25) is 9.78 Å². The summed E-state index contributed by atoms with van der Waals surface area (Å²) in [5, 5.41) is 0. The van der Waals surface area contributed by atoms with Gasteiger partial charge in [-0.15, -0.1) is 0 Å². The van der Waals surface area contributed by atoms with Crippen molar-refractivity contribution in [1.29, 1.82) is 0 Å². The first-order chi connectivity index (χ1) is 9.87. The molecule has 3 heteroatoms. The Morgan fingerprint density at radius 3 is 2.43 bits per heavy atom. The first-order valence-corrected chi connectivity index (χ1v) is 7.94. The summed E-state index contributed by atoms with van der Waals surface area (Å²) in [7, 11) is 0. The highest BCUT2D eigenvalue weighted by Gasteiger charge is 2.69. The van der Waals surface area contributed by atoms with Gasteiger partial charge in [-0.1, -0.05) is 33.8 Å². The number of unbranched alkanes of at least 4 members (excludes halogenated alkanes) is 2. The molecule has 116 valence electrons. The molecule has 1 aliphatic carbocycles. The quantitative estimate of drug-likeness (QED) is 0.562. The monoisotopic (exact) mass is 289 g/mol. The Morgan fingerprint density at radius 1 is 1.14 bits per heavy atom. The Morgan fingerprint density at radius 2 is 1.86 bits per heavy atom. The van der Waals surface area contributed by atoms with Crippen molar-refractivity contribution in [3.63, 3.8) is 0 Å². The number of aromatic nitrogens is 1. The first kappa shape index (κ1) is 16.0. The highest BCUT2D eigenvalue weighted by atomic mass is 16.5. The molecule has 0 amide bonds. The lowest BCUT2D eigenvalue weighted by Gasteiger charge is -2.06. The topological polar surface area (TPSA) is 39.2 Å². The average Bonchev–Trinajstić information content (AvgIpc) is 2.85. The van der Waals surface area contributed by atoms with Gasteiger partial charge in [0, 0.05) is 11.9 Å². The maximum absolute atomic E-state index is 12.1. The zero-order chi connectivity index (χ0) is 15.5. The maximum atomic E-state index is 12.1. The Bertz CT molecular complexity index is 465. The molecule has 0 saturated heterocycles. The van der Waals surface area contributed by atoms with E-state index in [4.69, 9.17) is 4.74 Å². The summed E-state index contributed by atoms with van der Waals surface area (Å²) in [5.41, 5.74) is 1.28. The molecule has 1 heterocycles. The van der Waals surface area contributed by atoms with E-state index in [-0.39, 0.29) is 22.7 Å². The van der Waals surface area contributed by atoms with Gasteiger partial charge >= 0.3 is 5.97 Å². The largest absolute Gasteiger partial charge is 0.465 e. The summed E-state index contributed by atoms with van der Waals surface area (Å²) in [5.74, 6) is 0.0354. The van der Waals surface area contributed by atoms with Crippen LogP contribution >= 0.6 is 0 Å². The minimum Gasteiger partial charge on any atom is -0.465 e. The van der Waals surface area contributed by atoms with E-state index in [0.717, 1.165) is 31.4 Å². The fourth-order valence-corrected chi connectivity index (χ4v) is 3.17. The van der Waals surface area contributed by atoms with E-state index < -0.39 is 0 Å². The Labute approximate surface area is 128 Å². The second kappa shape index (κ2) is 6.17. The minimum absolute atomic E-state index is 0.0188. The van der Waals surface area contributed by atoms with Gasteiger partial charge < -0.3 is 4.74 Å². The number of rotatable bonds is 7. The molecule has 0 radical (unpaired) electrons. The predicted octanol–water partition coefficient (Wildman–Crippen LogP) is 4.02. The summed E-state index contributed by atoms with van der Waals surface area (Å²) in [6.07, 6.45) is 5.93. The van der Waals surface area contributed by atoms with E-state index in [9.17, 15) is 4.79 Å². The van der Waals surface area contributed by atoms with Crippen molar-refractivity contribution >= 4 is 5.97 Å². The molecule has 2 rings (SSSR count). The number of pyridine rings is 1. The average molecular weight is 289 g/mol. The number of hydrogen-bond acceptors (Lipinski definition) is 3. The van der Waals surface area contributed by atoms with Crippen LogP contribution in [0.4, 0.5) is 0 Å². The van der Waals surface area contributed by atoms with Crippen LogP contribution in [0.3, 0.4) is 0 Å². The molecule has 1 fully saturated rings. The Hall–Kier alpha value is -1.38. The van der Waals surface area contributed by atoms with Crippen LogP contribution in [0.15, 0.2) is 24.4 Å². The van der Waals surface area contributed by atoms with Crippen LogP contribution in [0.1, 0.15) is 52.7 Å². The highest BCUT2D eigenvalue weighted by molar-refractivity contribution is 5.78. The third kappa shape index (κ3) is 3.45. The highest BCUT2D eigenvalue weighted by Crippen LogP contribution is 2.68. The third-order valence-corrected chi connectivity index (χ3v) is 5.30. The number of esters is 1. The van der Waals surface area contributed by atoms with Crippen LogP contribution in [-0.2, 0) is 16.0 Å². The normalized spacial score (nSPS) is 19.2. The van der Waals surface area contributed by atoms with Crippen molar-refractivity contribution in [1.82, 2.24) is 4.98 Å². The zero-order valence-electron chi connectivity index (χ0n) is 13.7. The van der Waals surface area contributed by atoms with Gasteiger partial charge in [0.15, 0.2) is 0 Å². The van der Waals surface area contributed by atoms with Crippen molar-refractivity contribution < 1.29 is 9.53 Å². The van der Waals surface area contributed by atoms with Crippen LogP contribution < -0.4 is 0 Å². The standard InChI is InChI=1S/C18H27NO2/c1-17(2)15(18(17,3)4)16(20)21-13-9-5-6-10-14-11-7-8-12-19-14/h7-8,11-12,15H,5-6,9-10,13H2,1-4H3. The summed E-state index contributed by atoms with van der Waals surface area (Å²) in [6, 6.07) is 6.00. The zero-order valence-corrected chi connectivity index (χ0v) is 13.7. The minimum atomic E-state index is -0.0188. The summed E-state index contributed by atoms with van der Waals surface area (Å²) >= 11 is 0. The van der Waals surface area contributed by atoms with E-state index in [1.54, 1.807) is 0 Å². The van der Waals surface area contributed by atoms with Gasteiger partial charge in [0.2, 0.25) is 0 Å². The molecule has 0 unspecified atom stereocenters. The molecular weight excluding hydrogens is 262 g/mol. The molecule has 0 aliphatic heterocycles. The van der Waals surface area contributed by atoms with E-state index >= 15 is 0 Å². The molecule has 1 aliphatic rings. The van der Waals surface area contributed by atoms with E-state index in [1.807, 2.05) is 18.3 Å². The lowest BCUT2D eigenvalue weighted by molar-refractivity contribution is -0.146. The third-order valence-electron chi connectivity index (χ3n) is 5.30. The van der Waals surface area contributed by atoms with Gasteiger partial charge in [0.25, 0.3) is 0 Å². The van der Waals surface area contributed by atoms with Gasteiger partial charge in [-0.2, -0.15) is 0 Å². The maximum Gasteiger partial charge on any atom is 0.310 e. The second-order valence-electron chi connectivity index (χ2n) is 7.18. The van der Waals surface area contributed by atoms with Crippen LogP contribution in [-0.4, -0.2) is 17.6 Å². The predicted molar refractivity (Wildman–Crippen MR) is 83.8 cm³/mol. The van der Waals surface area contributed by atoms with E-state index in [0.29, 0.717) is 6.61 Å². The molecule has 0 spiro atoms. The fraction of sp³-hybridized carbons (Fsp3) is 0.667. The van der Waals surface area contributed by atoms with Crippen LogP contribution in [0.5, 0.6) is 0 Å². The number of carbonyl (C=O) groups is 1.